The van der Waals surface area contributed by atoms with E-state index in [4.69, 9.17) is 15.5 Å². The summed E-state index contributed by atoms with van der Waals surface area (Å²) in [5, 5.41) is 0. The third kappa shape index (κ3) is 3.38. The molecule has 4 heteroatoms. The van der Waals surface area contributed by atoms with E-state index in [2.05, 4.69) is 43.5 Å². The van der Waals surface area contributed by atoms with E-state index in [0.717, 1.165) is 36.5 Å². The van der Waals surface area contributed by atoms with Gasteiger partial charge in [0.05, 0.1) is 11.0 Å². The summed E-state index contributed by atoms with van der Waals surface area (Å²) in [5.74, 6) is 1.59. The van der Waals surface area contributed by atoms with Gasteiger partial charge in [0.2, 0.25) is 0 Å². The van der Waals surface area contributed by atoms with E-state index < -0.39 is 0 Å². The smallest absolute Gasteiger partial charge is 0.135 e. The lowest BCUT2D eigenvalue weighted by atomic mass is 10.2. The van der Waals surface area contributed by atoms with Gasteiger partial charge in [0.25, 0.3) is 0 Å². The molecule has 0 saturated carbocycles. The molecule has 0 aliphatic carbocycles. The first-order valence-corrected chi connectivity index (χ1v) is 7.41. The highest BCUT2D eigenvalue weighted by Crippen LogP contribution is 2.20. The number of fused-ring (bicyclic) bond motifs is 1. The van der Waals surface area contributed by atoms with Gasteiger partial charge >= 0.3 is 0 Å². The number of nitrogens with zero attached hydrogens (tertiary/aromatic N) is 2. The second-order valence-electron chi connectivity index (χ2n) is 5.61. The molecule has 0 fully saturated rings. The highest BCUT2D eigenvalue weighted by Gasteiger charge is 2.12. The number of aromatic nitrogens is 2. The Balaban J connectivity index is 2.36. The van der Waals surface area contributed by atoms with Gasteiger partial charge in [-0.05, 0) is 30.0 Å². The first-order valence-electron chi connectivity index (χ1n) is 7.41. The van der Waals surface area contributed by atoms with Crippen molar-refractivity contribution in [3.8, 4) is 0 Å². The molecule has 0 radical (unpaired) electrons. The predicted octanol–water partition coefficient (Wildman–Crippen LogP) is 3.08. The molecule has 0 spiro atoms. The fourth-order valence-electron chi connectivity index (χ4n) is 2.34. The Labute approximate surface area is 120 Å². The minimum atomic E-state index is 0.550. The van der Waals surface area contributed by atoms with E-state index in [1.807, 2.05) is 0 Å². The second kappa shape index (κ2) is 6.86. The molecule has 0 unspecified atom stereocenters. The van der Waals surface area contributed by atoms with Gasteiger partial charge < -0.3 is 15.0 Å². The molecule has 1 heterocycles. The molecule has 1 aromatic carbocycles. The zero-order valence-electron chi connectivity index (χ0n) is 12.7. The first-order chi connectivity index (χ1) is 9.65. The largest absolute Gasteiger partial charge is 0.374 e. The minimum Gasteiger partial charge on any atom is -0.374 e. The Morgan fingerprint density at radius 1 is 1.35 bits per heavy atom. The van der Waals surface area contributed by atoms with Crippen molar-refractivity contribution in [1.82, 2.24) is 9.55 Å². The van der Waals surface area contributed by atoms with Crippen molar-refractivity contribution in [2.45, 2.75) is 46.9 Å². The van der Waals surface area contributed by atoms with Crippen molar-refractivity contribution in [3.63, 3.8) is 0 Å². The van der Waals surface area contributed by atoms with Crippen LogP contribution in [0.1, 0.15) is 38.6 Å². The second-order valence-corrected chi connectivity index (χ2v) is 5.61. The van der Waals surface area contributed by atoms with Crippen LogP contribution in [0.2, 0.25) is 0 Å². The number of benzene rings is 1. The Morgan fingerprint density at radius 2 is 2.15 bits per heavy atom. The van der Waals surface area contributed by atoms with Crippen LogP contribution in [0.4, 0.5) is 0 Å². The summed E-state index contributed by atoms with van der Waals surface area (Å²) in [6, 6.07) is 6.28. The minimum absolute atomic E-state index is 0.550. The van der Waals surface area contributed by atoms with Crippen LogP contribution in [0.3, 0.4) is 0 Å². The maximum Gasteiger partial charge on any atom is 0.135 e. The molecule has 0 atom stereocenters. The Bertz CT molecular complexity index is 560. The molecule has 0 saturated heterocycles. The van der Waals surface area contributed by atoms with E-state index in [0.29, 0.717) is 19.1 Å². The van der Waals surface area contributed by atoms with E-state index in [9.17, 15) is 0 Å². The van der Waals surface area contributed by atoms with E-state index in [1.165, 1.54) is 5.52 Å². The molecule has 2 rings (SSSR count). The van der Waals surface area contributed by atoms with Crippen LogP contribution >= 0.6 is 0 Å². The summed E-state index contributed by atoms with van der Waals surface area (Å²) in [6.45, 7) is 9.42. The van der Waals surface area contributed by atoms with E-state index in [-0.39, 0.29) is 0 Å². The topological polar surface area (TPSA) is 53.1 Å². The third-order valence-corrected chi connectivity index (χ3v) is 3.25. The molecule has 1 aromatic heterocycles. The number of hydrogen-bond acceptors (Lipinski definition) is 3. The highest BCUT2D eigenvalue weighted by atomic mass is 16.5. The van der Waals surface area contributed by atoms with Gasteiger partial charge in [-0.25, -0.2) is 4.98 Å². The molecule has 2 aromatic rings. The van der Waals surface area contributed by atoms with Crippen LogP contribution < -0.4 is 5.73 Å². The molecule has 2 N–H and O–H groups in total. The number of imidazole rings is 1. The summed E-state index contributed by atoms with van der Waals surface area (Å²) in [4.78, 5) is 4.73. The highest BCUT2D eigenvalue weighted by molar-refractivity contribution is 5.77. The SMILES string of the molecule is CCCOCc1nc2cc(CN)ccc2n1CC(C)C. The van der Waals surface area contributed by atoms with Crippen molar-refractivity contribution in [1.29, 1.82) is 0 Å². The average Bonchev–Trinajstić information content (AvgIpc) is 2.76. The fraction of sp³-hybridized carbons (Fsp3) is 0.562. The molecule has 0 bridgehead atoms. The third-order valence-electron chi connectivity index (χ3n) is 3.25. The molecule has 0 amide bonds. The lowest BCUT2D eigenvalue weighted by Gasteiger charge is -2.12. The number of hydrogen-bond donors (Lipinski definition) is 1. The zero-order valence-corrected chi connectivity index (χ0v) is 12.7. The maximum atomic E-state index is 5.71. The summed E-state index contributed by atoms with van der Waals surface area (Å²) < 4.78 is 7.94. The summed E-state index contributed by atoms with van der Waals surface area (Å²) in [7, 11) is 0. The van der Waals surface area contributed by atoms with Gasteiger partial charge in [-0.15, -0.1) is 0 Å². The number of nitrogens with two attached hydrogens (primary N) is 1. The predicted molar refractivity (Wildman–Crippen MR) is 82.4 cm³/mol. The van der Waals surface area contributed by atoms with Crippen molar-refractivity contribution in [2.75, 3.05) is 6.61 Å². The molecule has 0 aliphatic heterocycles. The Kier molecular flexibility index (Phi) is 5.15. The lowest BCUT2D eigenvalue weighted by molar-refractivity contribution is 0.113. The van der Waals surface area contributed by atoms with Crippen LogP contribution in [0.25, 0.3) is 11.0 Å². The average molecular weight is 275 g/mol. The molecule has 0 aliphatic rings. The quantitative estimate of drug-likeness (QED) is 0.790. The summed E-state index contributed by atoms with van der Waals surface area (Å²) in [5.41, 5.74) is 9.01. The monoisotopic (exact) mass is 275 g/mol. The normalized spacial score (nSPS) is 11.7. The van der Waals surface area contributed by atoms with Gasteiger partial charge in [0, 0.05) is 19.7 Å². The van der Waals surface area contributed by atoms with Crippen molar-refractivity contribution >= 4 is 11.0 Å². The Hall–Kier alpha value is -1.39. The first kappa shape index (κ1) is 15.0. The van der Waals surface area contributed by atoms with Crippen LogP contribution in [-0.4, -0.2) is 16.2 Å². The van der Waals surface area contributed by atoms with Gasteiger partial charge in [-0.3, -0.25) is 0 Å². The molecular weight excluding hydrogens is 250 g/mol. The number of ether oxygens (including phenoxy) is 1. The summed E-state index contributed by atoms with van der Waals surface area (Å²) in [6.07, 6.45) is 1.03. The lowest BCUT2D eigenvalue weighted by Crippen LogP contribution is -2.10. The number of rotatable bonds is 7. The van der Waals surface area contributed by atoms with Gasteiger partial charge in [0.15, 0.2) is 0 Å². The molecule has 20 heavy (non-hydrogen) atoms. The van der Waals surface area contributed by atoms with Gasteiger partial charge in [-0.1, -0.05) is 26.8 Å². The molecule has 4 nitrogen and oxygen atoms in total. The van der Waals surface area contributed by atoms with Gasteiger partial charge in [-0.2, -0.15) is 0 Å². The van der Waals surface area contributed by atoms with Crippen LogP contribution in [0.5, 0.6) is 0 Å². The van der Waals surface area contributed by atoms with Crippen molar-refractivity contribution < 1.29 is 4.74 Å². The Morgan fingerprint density at radius 3 is 2.80 bits per heavy atom. The standard InChI is InChI=1S/C16H25N3O/c1-4-7-20-11-16-18-14-8-13(9-17)5-6-15(14)19(16)10-12(2)3/h5-6,8,12H,4,7,9-11,17H2,1-3H3. The van der Waals surface area contributed by atoms with E-state index in [1.54, 1.807) is 0 Å². The fourth-order valence-corrected chi connectivity index (χ4v) is 2.34. The van der Waals surface area contributed by atoms with Crippen molar-refractivity contribution in [3.05, 3.63) is 29.6 Å². The van der Waals surface area contributed by atoms with Crippen molar-refractivity contribution in [2.24, 2.45) is 11.7 Å². The van der Waals surface area contributed by atoms with Crippen LogP contribution in [0.15, 0.2) is 18.2 Å². The molecular formula is C16H25N3O. The molecule has 110 valence electrons. The van der Waals surface area contributed by atoms with Crippen LogP contribution in [-0.2, 0) is 24.4 Å². The maximum absolute atomic E-state index is 5.71. The van der Waals surface area contributed by atoms with E-state index >= 15 is 0 Å². The zero-order chi connectivity index (χ0) is 14.5. The van der Waals surface area contributed by atoms with Gasteiger partial charge in [0.1, 0.15) is 12.4 Å². The summed E-state index contributed by atoms with van der Waals surface area (Å²) >= 11 is 0. The van der Waals surface area contributed by atoms with Crippen LogP contribution in [0, 0.1) is 5.92 Å².